The summed E-state index contributed by atoms with van der Waals surface area (Å²) in [7, 11) is 0. The van der Waals surface area contributed by atoms with Gasteiger partial charge in [0.05, 0.1) is 6.61 Å². The van der Waals surface area contributed by atoms with Gasteiger partial charge in [-0.1, -0.05) is 0 Å². The quantitative estimate of drug-likeness (QED) is 0.649. The zero-order valence-electron chi connectivity index (χ0n) is 6.73. The molecule has 0 spiro atoms. The molecule has 78 valence electrons. The number of alkyl halides is 4. The fourth-order valence-electron chi connectivity index (χ4n) is 0.465. The Morgan fingerprint density at radius 2 is 2.00 bits per heavy atom. The summed E-state index contributed by atoms with van der Waals surface area (Å²) in [5, 5.41) is 9.87. The number of hydrogen-bond acceptors (Lipinski definition) is 2. The molecule has 13 heavy (non-hydrogen) atoms. The first-order chi connectivity index (χ1) is 5.82. The summed E-state index contributed by atoms with van der Waals surface area (Å²) in [4.78, 5) is 10.4. The summed E-state index contributed by atoms with van der Waals surface area (Å²) in [6.45, 7) is 0.616. The largest absolute Gasteiger partial charge is 0.394 e. The Morgan fingerprint density at radius 1 is 1.54 bits per heavy atom. The van der Waals surface area contributed by atoms with E-state index >= 15 is 0 Å². The van der Waals surface area contributed by atoms with Crippen molar-refractivity contribution < 1.29 is 27.5 Å². The Balaban J connectivity index is 4.25. The first-order valence-electron chi connectivity index (χ1n) is 3.40. The van der Waals surface area contributed by atoms with Crippen molar-refractivity contribution in [3.63, 3.8) is 0 Å². The molecule has 0 saturated carbocycles. The van der Waals surface area contributed by atoms with E-state index in [2.05, 4.69) is 0 Å². The number of nitrogens with one attached hydrogen (secondary N) is 1. The summed E-state index contributed by atoms with van der Waals surface area (Å²) in [6.07, 6.45) is -4.04. The summed E-state index contributed by atoms with van der Waals surface area (Å²) < 4.78 is 47.5. The minimum atomic E-state index is -4.70. The second-order valence-corrected chi connectivity index (χ2v) is 2.48. The van der Waals surface area contributed by atoms with Crippen molar-refractivity contribution in [1.82, 2.24) is 5.32 Å². The van der Waals surface area contributed by atoms with E-state index in [0.717, 1.165) is 0 Å². The molecule has 0 aromatic heterocycles. The molecule has 1 amide bonds. The summed E-state index contributed by atoms with van der Waals surface area (Å²) in [5.74, 6) is -6.78. The highest BCUT2D eigenvalue weighted by atomic mass is 19.3. The predicted molar refractivity (Wildman–Crippen MR) is 35.6 cm³/mol. The van der Waals surface area contributed by atoms with Crippen LogP contribution in [0.2, 0.25) is 0 Å². The molecular weight excluding hydrogens is 194 g/mol. The standard InChI is InChI=1S/C6H9F4NO2/c1-3(2-12)11-5(13)6(9,10)4(7)8/h3-4,12H,2H2,1H3,(H,11,13)/t3-/m1/s1. The van der Waals surface area contributed by atoms with Gasteiger partial charge in [0.1, 0.15) is 0 Å². The Morgan fingerprint density at radius 3 is 2.31 bits per heavy atom. The van der Waals surface area contributed by atoms with Crippen molar-refractivity contribution in [1.29, 1.82) is 0 Å². The van der Waals surface area contributed by atoms with Crippen LogP contribution in [0, 0.1) is 0 Å². The van der Waals surface area contributed by atoms with Crippen molar-refractivity contribution in [2.75, 3.05) is 6.61 Å². The Kier molecular flexibility index (Phi) is 4.12. The molecule has 0 aromatic rings. The van der Waals surface area contributed by atoms with Gasteiger partial charge >= 0.3 is 12.3 Å². The zero-order valence-corrected chi connectivity index (χ0v) is 6.73. The third-order valence-electron chi connectivity index (χ3n) is 1.23. The van der Waals surface area contributed by atoms with Crippen LogP contribution in [0.4, 0.5) is 17.6 Å². The fraction of sp³-hybridized carbons (Fsp3) is 0.833. The van der Waals surface area contributed by atoms with Gasteiger partial charge in [-0.2, -0.15) is 8.78 Å². The smallest absolute Gasteiger partial charge is 0.383 e. The van der Waals surface area contributed by atoms with Gasteiger partial charge in [-0.05, 0) is 6.92 Å². The van der Waals surface area contributed by atoms with Crippen LogP contribution in [0.25, 0.3) is 0 Å². The zero-order chi connectivity index (χ0) is 10.6. The Labute approximate surface area is 71.7 Å². The molecule has 7 heteroatoms. The number of rotatable bonds is 4. The molecule has 0 unspecified atom stereocenters. The number of halogens is 4. The van der Waals surface area contributed by atoms with Crippen molar-refractivity contribution >= 4 is 5.91 Å². The maximum absolute atomic E-state index is 12.2. The summed E-state index contributed by atoms with van der Waals surface area (Å²) in [5.41, 5.74) is 0. The van der Waals surface area contributed by atoms with E-state index in [9.17, 15) is 22.4 Å². The normalized spacial score (nSPS) is 14.4. The molecule has 0 radical (unpaired) electrons. The van der Waals surface area contributed by atoms with E-state index < -0.39 is 30.9 Å². The molecule has 0 bridgehead atoms. The molecule has 1 atom stereocenters. The molecule has 0 aliphatic rings. The average molecular weight is 203 g/mol. The lowest BCUT2D eigenvalue weighted by molar-refractivity contribution is -0.170. The van der Waals surface area contributed by atoms with E-state index in [4.69, 9.17) is 5.11 Å². The molecule has 2 N–H and O–H groups in total. The van der Waals surface area contributed by atoms with Crippen LogP contribution < -0.4 is 5.32 Å². The van der Waals surface area contributed by atoms with E-state index in [1.54, 1.807) is 0 Å². The number of carbonyl (C=O) groups excluding carboxylic acids is 1. The molecular formula is C6H9F4NO2. The average Bonchev–Trinajstić information content (AvgIpc) is 2.03. The van der Waals surface area contributed by atoms with Crippen LogP contribution in [0.5, 0.6) is 0 Å². The van der Waals surface area contributed by atoms with Crippen LogP contribution in [-0.2, 0) is 4.79 Å². The third-order valence-corrected chi connectivity index (χ3v) is 1.23. The maximum atomic E-state index is 12.2. The lowest BCUT2D eigenvalue weighted by Crippen LogP contribution is -2.49. The minimum Gasteiger partial charge on any atom is -0.394 e. The van der Waals surface area contributed by atoms with E-state index in [-0.39, 0.29) is 0 Å². The van der Waals surface area contributed by atoms with E-state index in [1.807, 2.05) is 0 Å². The minimum absolute atomic E-state index is 0.592. The number of aliphatic hydroxyl groups is 1. The van der Waals surface area contributed by atoms with E-state index in [0.29, 0.717) is 0 Å². The van der Waals surface area contributed by atoms with Gasteiger partial charge in [0, 0.05) is 6.04 Å². The molecule has 3 nitrogen and oxygen atoms in total. The lowest BCUT2D eigenvalue weighted by Gasteiger charge is -2.17. The number of aliphatic hydroxyl groups excluding tert-OH is 1. The summed E-state index contributed by atoms with van der Waals surface area (Å²) in [6, 6.07) is -0.975. The third kappa shape index (κ3) is 3.17. The fourth-order valence-corrected chi connectivity index (χ4v) is 0.465. The van der Waals surface area contributed by atoms with Crippen LogP contribution in [-0.4, -0.2) is 36.0 Å². The van der Waals surface area contributed by atoms with Crippen molar-refractivity contribution in [2.45, 2.75) is 25.3 Å². The maximum Gasteiger partial charge on any atom is 0.383 e. The highest BCUT2D eigenvalue weighted by Crippen LogP contribution is 2.22. The molecule has 0 heterocycles. The highest BCUT2D eigenvalue weighted by molar-refractivity contribution is 5.84. The topological polar surface area (TPSA) is 49.3 Å². The molecule has 0 rings (SSSR count). The van der Waals surface area contributed by atoms with Gasteiger partial charge in [0.2, 0.25) is 0 Å². The Hall–Kier alpha value is -0.850. The first-order valence-corrected chi connectivity index (χ1v) is 3.40. The monoisotopic (exact) mass is 203 g/mol. The van der Waals surface area contributed by atoms with Crippen LogP contribution in [0.1, 0.15) is 6.92 Å². The van der Waals surface area contributed by atoms with Gasteiger partial charge in [-0.3, -0.25) is 4.79 Å². The van der Waals surface area contributed by atoms with E-state index in [1.165, 1.54) is 12.2 Å². The van der Waals surface area contributed by atoms with Crippen molar-refractivity contribution in [3.05, 3.63) is 0 Å². The summed E-state index contributed by atoms with van der Waals surface area (Å²) >= 11 is 0. The van der Waals surface area contributed by atoms with Gasteiger partial charge in [-0.15, -0.1) is 0 Å². The predicted octanol–water partition coefficient (Wildman–Crippen LogP) is 0.384. The number of hydrogen-bond donors (Lipinski definition) is 2. The van der Waals surface area contributed by atoms with Crippen LogP contribution >= 0.6 is 0 Å². The van der Waals surface area contributed by atoms with Crippen molar-refractivity contribution in [2.24, 2.45) is 0 Å². The van der Waals surface area contributed by atoms with Crippen LogP contribution in [0.15, 0.2) is 0 Å². The lowest BCUT2D eigenvalue weighted by atomic mass is 10.3. The van der Waals surface area contributed by atoms with Gasteiger partial charge < -0.3 is 10.4 Å². The van der Waals surface area contributed by atoms with Gasteiger partial charge in [0.15, 0.2) is 0 Å². The number of carbonyl (C=O) groups is 1. The van der Waals surface area contributed by atoms with Gasteiger partial charge in [0.25, 0.3) is 5.91 Å². The van der Waals surface area contributed by atoms with Gasteiger partial charge in [-0.25, -0.2) is 8.78 Å². The highest BCUT2D eigenvalue weighted by Gasteiger charge is 2.49. The molecule has 0 fully saturated rings. The first kappa shape index (κ1) is 12.2. The van der Waals surface area contributed by atoms with Crippen molar-refractivity contribution in [3.8, 4) is 0 Å². The molecule has 0 aromatic carbocycles. The number of amides is 1. The second kappa shape index (κ2) is 4.40. The van der Waals surface area contributed by atoms with Crippen LogP contribution in [0.3, 0.4) is 0 Å². The SMILES string of the molecule is C[C@H](CO)NC(=O)C(F)(F)C(F)F. The second-order valence-electron chi connectivity index (χ2n) is 2.48. The molecule has 0 aliphatic carbocycles. The molecule has 0 aliphatic heterocycles. The molecule has 0 saturated heterocycles. The Bertz CT molecular complexity index is 185.